The molecule has 0 fully saturated rings. The van der Waals surface area contributed by atoms with Crippen molar-refractivity contribution in [2.75, 3.05) is 6.61 Å². The number of carbonyl (C=O) groups excluding carboxylic acids is 1. The van der Waals surface area contributed by atoms with Crippen LogP contribution in [-0.4, -0.2) is 28.0 Å². The number of aliphatic hydroxyl groups is 1. The number of ether oxygens (including phenoxy) is 1. The number of aliphatic hydroxyl groups excluding tert-OH is 1. The number of hydrogen-bond donors (Lipinski definition) is 1. The Morgan fingerprint density at radius 3 is 2.76 bits per heavy atom. The molecule has 0 aromatic carbocycles. The van der Waals surface area contributed by atoms with Crippen molar-refractivity contribution in [2.24, 2.45) is 0 Å². The van der Waals surface area contributed by atoms with E-state index in [0.717, 1.165) is 5.69 Å². The zero-order valence-electron chi connectivity index (χ0n) is 10.5. The molecule has 17 heavy (non-hydrogen) atoms. The van der Waals surface area contributed by atoms with E-state index in [1.54, 1.807) is 18.3 Å². The van der Waals surface area contributed by atoms with E-state index in [9.17, 15) is 4.79 Å². The third-order valence-electron chi connectivity index (χ3n) is 2.02. The quantitative estimate of drug-likeness (QED) is 0.821. The van der Waals surface area contributed by atoms with Gasteiger partial charge >= 0.3 is 6.09 Å². The van der Waals surface area contributed by atoms with Crippen LogP contribution in [0.1, 0.15) is 26.5 Å². The molecule has 0 spiro atoms. The van der Waals surface area contributed by atoms with E-state index >= 15 is 0 Å². The van der Waals surface area contributed by atoms with Crippen LogP contribution in [0, 0.1) is 0 Å². The summed E-state index contributed by atoms with van der Waals surface area (Å²) in [7, 11) is 0. The number of allylic oxidation sites excluding steroid dienone is 1. The lowest BCUT2D eigenvalue weighted by Gasteiger charge is -2.20. The third-order valence-corrected chi connectivity index (χ3v) is 2.02. The molecule has 1 aromatic heterocycles. The van der Waals surface area contributed by atoms with E-state index in [1.807, 2.05) is 32.9 Å². The van der Waals surface area contributed by atoms with Gasteiger partial charge in [0.05, 0.1) is 6.61 Å². The highest BCUT2D eigenvalue weighted by molar-refractivity contribution is 5.72. The number of aromatic nitrogens is 1. The van der Waals surface area contributed by atoms with E-state index in [-0.39, 0.29) is 12.7 Å². The molecule has 0 unspecified atom stereocenters. The topological polar surface area (TPSA) is 51.5 Å². The number of hydrogen-bond acceptors (Lipinski definition) is 3. The molecule has 0 saturated carbocycles. The lowest BCUT2D eigenvalue weighted by molar-refractivity contribution is 0.0533. The van der Waals surface area contributed by atoms with E-state index in [2.05, 4.69) is 0 Å². The number of carbonyl (C=O) groups is 1. The fourth-order valence-electron chi connectivity index (χ4n) is 1.35. The molecule has 0 radical (unpaired) electrons. The van der Waals surface area contributed by atoms with Crippen LogP contribution in [0.25, 0.3) is 0 Å². The van der Waals surface area contributed by atoms with Gasteiger partial charge in [-0.3, -0.25) is 4.57 Å². The van der Waals surface area contributed by atoms with Gasteiger partial charge in [0.1, 0.15) is 5.60 Å². The van der Waals surface area contributed by atoms with Crippen molar-refractivity contribution in [1.29, 1.82) is 0 Å². The SMILES string of the molecule is CC(C)(C)OC(=O)n1cccc1C/C=C/CO. The molecule has 0 bridgehead atoms. The summed E-state index contributed by atoms with van der Waals surface area (Å²) in [4.78, 5) is 11.8. The van der Waals surface area contributed by atoms with E-state index in [1.165, 1.54) is 4.57 Å². The maximum atomic E-state index is 11.8. The zero-order chi connectivity index (χ0) is 12.9. The largest absolute Gasteiger partial charge is 0.443 e. The molecule has 1 aromatic rings. The molecule has 94 valence electrons. The Hall–Kier alpha value is -1.55. The van der Waals surface area contributed by atoms with Crippen LogP contribution in [0.3, 0.4) is 0 Å². The van der Waals surface area contributed by atoms with Gasteiger partial charge in [0.15, 0.2) is 0 Å². The predicted molar refractivity (Wildman–Crippen MR) is 66.0 cm³/mol. The normalized spacial score (nSPS) is 12.0. The van der Waals surface area contributed by atoms with E-state index in [0.29, 0.717) is 6.42 Å². The monoisotopic (exact) mass is 237 g/mol. The Kier molecular flexibility index (Phi) is 4.52. The van der Waals surface area contributed by atoms with E-state index in [4.69, 9.17) is 9.84 Å². The van der Waals surface area contributed by atoms with Crippen LogP contribution in [0.15, 0.2) is 30.5 Å². The summed E-state index contributed by atoms with van der Waals surface area (Å²) in [5.74, 6) is 0. The second kappa shape index (κ2) is 5.68. The van der Waals surface area contributed by atoms with Gasteiger partial charge in [-0.1, -0.05) is 12.2 Å². The van der Waals surface area contributed by atoms with Crippen LogP contribution < -0.4 is 0 Å². The standard InChI is InChI=1S/C13H19NO3/c1-13(2,3)17-12(16)14-9-6-8-11(14)7-4-5-10-15/h4-6,8-9,15H,7,10H2,1-3H3/b5-4+. The Bertz CT molecular complexity index is 399. The van der Waals surface area contributed by atoms with Gasteiger partial charge < -0.3 is 9.84 Å². The van der Waals surface area contributed by atoms with Crippen molar-refractivity contribution < 1.29 is 14.6 Å². The fourth-order valence-corrected chi connectivity index (χ4v) is 1.35. The lowest BCUT2D eigenvalue weighted by Crippen LogP contribution is -2.27. The molecule has 0 amide bonds. The van der Waals surface area contributed by atoms with Crippen molar-refractivity contribution >= 4 is 6.09 Å². The summed E-state index contributed by atoms with van der Waals surface area (Å²) in [6.45, 7) is 5.51. The van der Waals surface area contributed by atoms with Gasteiger partial charge in [0.25, 0.3) is 0 Å². The highest BCUT2D eigenvalue weighted by Gasteiger charge is 2.18. The zero-order valence-corrected chi connectivity index (χ0v) is 10.5. The maximum absolute atomic E-state index is 11.8. The molecule has 0 atom stereocenters. The van der Waals surface area contributed by atoms with Crippen molar-refractivity contribution in [3.63, 3.8) is 0 Å². The minimum Gasteiger partial charge on any atom is -0.443 e. The Balaban J connectivity index is 2.74. The van der Waals surface area contributed by atoms with Crippen molar-refractivity contribution in [3.8, 4) is 0 Å². The average molecular weight is 237 g/mol. The molecular weight excluding hydrogens is 218 g/mol. The second-order valence-electron chi connectivity index (χ2n) is 4.71. The minimum atomic E-state index is -0.500. The van der Waals surface area contributed by atoms with Crippen LogP contribution in [-0.2, 0) is 11.2 Å². The Morgan fingerprint density at radius 2 is 2.18 bits per heavy atom. The molecule has 1 rings (SSSR count). The van der Waals surface area contributed by atoms with Crippen LogP contribution >= 0.6 is 0 Å². The van der Waals surface area contributed by atoms with Crippen LogP contribution in [0.5, 0.6) is 0 Å². The van der Waals surface area contributed by atoms with Gasteiger partial charge in [-0.15, -0.1) is 0 Å². The van der Waals surface area contributed by atoms with Crippen molar-refractivity contribution in [2.45, 2.75) is 32.8 Å². The lowest BCUT2D eigenvalue weighted by atomic mass is 10.2. The Labute approximate surface area is 102 Å². The molecule has 4 heteroatoms. The predicted octanol–water partition coefficient (Wildman–Crippen LogP) is 2.36. The summed E-state index contributed by atoms with van der Waals surface area (Å²) in [6, 6.07) is 3.65. The molecule has 1 heterocycles. The highest BCUT2D eigenvalue weighted by Crippen LogP contribution is 2.11. The number of nitrogens with zero attached hydrogens (tertiary/aromatic N) is 1. The first kappa shape index (κ1) is 13.5. The van der Waals surface area contributed by atoms with E-state index < -0.39 is 5.60 Å². The molecular formula is C13H19NO3. The second-order valence-corrected chi connectivity index (χ2v) is 4.71. The summed E-state index contributed by atoms with van der Waals surface area (Å²) >= 11 is 0. The fraction of sp³-hybridized carbons (Fsp3) is 0.462. The summed E-state index contributed by atoms with van der Waals surface area (Å²) in [5.41, 5.74) is 0.337. The van der Waals surface area contributed by atoms with Crippen LogP contribution in [0.4, 0.5) is 4.79 Å². The summed E-state index contributed by atoms with van der Waals surface area (Å²) in [5, 5.41) is 8.64. The first-order chi connectivity index (χ1) is 7.94. The molecule has 0 saturated heterocycles. The van der Waals surface area contributed by atoms with Crippen molar-refractivity contribution in [1.82, 2.24) is 4.57 Å². The first-order valence-corrected chi connectivity index (χ1v) is 5.59. The van der Waals surface area contributed by atoms with Gasteiger partial charge in [-0.2, -0.15) is 0 Å². The third kappa shape index (κ3) is 4.44. The molecule has 0 aliphatic carbocycles. The minimum absolute atomic E-state index is 0.00709. The summed E-state index contributed by atoms with van der Waals surface area (Å²) in [6.07, 6.45) is 5.35. The van der Waals surface area contributed by atoms with Gasteiger partial charge in [0.2, 0.25) is 0 Å². The molecule has 1 N–H and O–H groups in total. The Morgan fingerprint density at radius 1 is 1.47 bits per heavy atom. The molecule has 4 nitrogen and oxygen atoms in total. The maximum Gasteiger partial charge on any atom is 0.418 e. The van der Waals surface area contributed by atoms with Crippen molar-refractivity contribution in [3.05, 3.63) is 36.2 Å². The smallest absolute Gasteiger partial charge is 0.418 e. The number of rotatable bonds is 3. The van der Waals surface area contributed by atoms with Crippen LogP contribution in [0.2, 0.25) is 0 Å². The highest BCUT2D eigenvalue weighted by atomic mass is 16.6. The van der Waals surface area contributed by atoms with Gasteiger partial charge in [-0.25, -0.2) is 4.79 Å². The van der Waals surface area contributed by atoms with Gasteiger partial charge in [-0.05, 0) is 32.9 Å². The average Bonchev–Trinajstić information content (AvgIpc) is 2.64. The molecule has 0 aliphatic heterocycles. The van der Waals surface area contributed by atoms with Gasteiger partial charge in [0, 0.05) is 18.3 Å². The molecule has 0 aliphatic rings. The summed E-state index contributed by atoms with van der Waals surface area (Å²) < 4.78 is 6.76. The first-order valence-electron chi connectivity index (χ1n) is 5.59.